The molecule has 4 rings (SSSR count). The molecule has 47 heavy (non-hydrogen) atoms. The normalized spacial score (nSPS) is 13.1. The highest BCUT2D eigenvalue weighted by molar-refractivity contribution is 7.93. The molecule has 3 amide bonds. The topological polar surface area (TPSA) is 167 Å². The number of aliphatic hydroxyl groups is 1. The number of alkyl halides is 3. The molecule has 12 nitrogen and oxygen atoms in total. The minimum absolute atomic E-state index is 0.0149. The van der Waals surface area contributed by atoms with Gasteiger partial charge in [-0.2, -0.15) is 18.2 Å². The van der Waals surface area contributed by atoms with Gasteiger partial charge in [0.05, 0.1) is 28.5 Å². The van der Waals surface area contributed by atoms with Crippen molar-refractivity contribution >= 4 is 50.7 Å². The zero-order valence-electron chi connectivity index (χ0n) is 25.5. The SMILES string of the molecule is CCOC(=O)N=S(C)(=O)c1ccc(Nc2ncc(-c3ccc(NC(=O)Nc4cccc(C(F)(F)F)c4)cc3)c(NC(C)CO)n2)cc1. The Labute approximate surface area is 269 Å². The molecule has 16 heteroatoms. The maximum atomic E-state index is 13.0. The lowest BCUT2D eigenvalue weighted by atomic mass is 10.1. The van der Waals surface area contributed by atoms with Crippen LogP contribution in [0.15, 0.2) is 88.3 Å². The molecule has 0 saturated heterocycles. The molecule has 3 aromatic carbocycles. The summed E-state index contributed by atoms with van der Waals surface area (Å²) in [6.07, 6.45) is -2.54. The number of anilines is 5. The summed E-state index contributed by atoms with van der Waals surface area (Å²) < 4.78 is 60.3. The third-order valence-corrected chi connectivity index (χ3v) is 8.06. The van der Waals surface area contributed by atoms with Crippen molar-refractivity contribution in [2.45, 2.75) is 31.0 Å². The second-order valence-electron chi connectivity index (χ2n) is 10.2. The van der Waals surface area contributed by atoms with Crippen molar-refractivity contribution in [1.29, 1.82) is 0 Å². The molecule has 0 aliphatic carbocycles. The third-order valence-electron chi connectivity index (χ3n) is 6.41. The number of amides is 3. The molecule has 2 unspecified atom stereocenters. The standard InChI is InChI=1S/C31H32F3N7O5S/c1-4-46-30(44)41-47(3,45)25-14-12-22(13-15-25)37-28-35-17-26(27(40-28)36-19(2)18-42)20-8-10-23(11-9-20)38-29(43)39-24-7-5-6-21(16-24)31(32,33)34/h5-17,19,42H,4,18H2,1-3H3,(H2,38,39,43)(H2,35,36,37,40). The first-order chi connectivity index (χ1) is 22.3. The van der Waals surface area contributed by atoms with Crippen molar-refractivity contribution in [3.63, 3.8) is 0 Å². The number of hydrogen-bond donors (Lipinski definition) is 5. The average molecular weight is 672 g/mol. The van der Waals surface area contributed by atoms with E-state index in [1.807, 2.05) is 0 Å². The van der Waals surface area contributed by atoms with Gasteiger partial charge in [-0.3, -0.25) is 0 Å². The molecular weight excluding hydrogens is 639 g/mol. The van der Waals surface area contributed by atoms with Crippen LogP contribution in [0.25, 0.3) is 11.1 Å². The van der Waals surface area contributed by atoms with Crippen LogP contribution < -0.4 is 21.3 Å². The van der Waals surface area contributed by atoms with Gasteiger partial charge in [-0.15, -0.1) is 4.36 Å². The van der Waals surface area contributed by atoms with Crippen LogP contribution in [0.2, 0.25) is 0 Å². The Morgan fingerprint density at radius 3 is 2.30 bits per heavy atom. The minimum Gasteiger partial charge on any atom is -0.448 e. The highest BCUT2D eigenvalue weighted by atomic mass is 32.2. The number of aliphatic hydroxyl groups excluding tert-OH is 1. The summed E-state index contributed by atoms with van der Waals surface area (Å²) >= 11 is 0. The largest absolute Gasteiger partial charge is 0.448 e. The van der Waals surface area contributed by atoms with E-state index in [0.29, 0.717) is 33.2 Å². The highest BCUT2D eigenvalue weighted by Gasteiger charge is 2.30. The van der Waals surface area contributed by atoms with E-state index in [-0.39, 0.29) is 30.9 Å². The molecule has 5 N–H and O–H groups in total. The zero-order chi connectivity index (χ0) is 34.2. The van der Waals surface area contributed by atoms with E-state index in [1.54, 1.807) is 68.6 Å². The summed E-state index contributed by atoms with van der Waals surface area (Å²) in [6.45, 7) is 3.32. The third kappa shape index (κ3) is 9.64. The Kier molecular flexibility index (Phi) is 11.0. The Balaban J connectivity index is 1.49. The molecule has 1 heterocycles. The van der Waals surface area contributed by atoms with Crippen molar-refractivity contribution in [1.82, 2.24) is 9.97 Å². The fourth-order valence-electron chi connectivity index (χ4n) is 4.11. The number of ether oxygens (including phenoxy) is 1. The molecule has 1 aromatic heterocycles. The Morgan fingerprint density at radius 1 is 1.00 bits per heavy atom. The number of halogens is 3. The zero-order valence-corrected chi connectivity index (χ0v) is 26.3. The van der Waals surface area contributed by atoms with Crippen LogP contribution in [0.3, 0.4) is 0 Å². The van der Waals surface area contributed by atoms with Gasteiger partial charge in [-0.1, -0.05) is 18.2 Å². The quantitative estimate of drug-likeness (QED) is 0.120. The molecule has 0 saturated carbocycles. The first-order valence-electron chi connectivity index (χ1n) is 14.1. The Morgan fingerprint density at radius 2 is 1.66 bits per heavy atom. The van der Waals surface area contributed by atoms with Crippen LogP contribution in [0.4, 0.5) is 51.6 Å². The number of nitrogens with zero attached hydrogens (tertiary/aromatic N) is 3. The molecular formula is C31H32F3N7O5S. The van der Waals surface area contributed by atoms with E-state index in [0.717, 1.165) is 12.1 Å². The molecule has 0 fully saturated rings. The minimum atomic E-state index is -4.54. The lowest BCUT2D eigenvalue weighted by Gasteiger charge is -2.17. The fourth-order valence-corrected chi connectivity index (χ4v) is 5.19. The molecule has 0 bridgehead atoms. The fraction of sp³-hybridized carbons (Fsp3) is 0.226. The number of aromatic nitrogens is 2. The van der Waals surface area contributed by atoms with Crippen molar-refractivity contribution in [3.8, 4) is 11.1 Å². The van der Waals surface area contributed by atoms with Gasteiger partial charge in [0.25, 0.3) is 0 Å². The van der Waals surface area contributed by atoms with Crippen LogP contribution in [0, 0.1) is 0 Å². The first kappa shape index (κ1) is 34.6. The average Bonchev–Trinajstić information content (AvgIpc) is 3.01. The molecule has 0 radical (unpaired) electrons. The van der Waals surface area contributed by atoms with Crippen LogP contribution in [0.5, 0.6) is 0 Å². The lowest BCUT2D eigenvalue weighted by molar-refractivity contribution is -0.137. The van der Waals surface area contributed by atoms with Gasteiger partial charge in [-0.05, 0) is 74.0 Å². The van der Waals surface area contributed by atoms with Gasteiger partial charge in [0.1, 0.15) is 5.82 Å². The summed E-state index contributed by atoms with van der Waals surface area (Å²) in [4.78, 5) is 33.4. The molecule has 2 atom stereocenters. The number of rotatable bonds is 10. The number of benzene rings is 3. The predicted octanol–water partition coefficient (Wildman–Crippen LogP) is 6.96. The van der Waals surface area contributed by atoms with Crippen LogP contribution in [0.1, 0.15) is 19.4 Å². The monoisotopic (exact) mass is 671 g/mol. The van der Waals surface area contributed by atoms with Gasteiger partial charge in [-0.25, -0.2) is 18.8 Å². The number of hydrogen-bond acceptors (Lipinski definition) is 9. The maximum Gasteiger partial charge on any atom is 0.442 e. The second-order valence-corrected chi connectivity index (χ2v) is 12.4. The molecule has 0 aliphatic heterocycles. The highest BCUT2D eigenvalue weighted by Crippen LogP contribution is 2.31. The van der Waals surface area contributed by atoms with Crippen LogP contribution >= 0.6 is 0 Å². The smallest absolute Gasteiger partial charge is 0.442 e. The summed E-state index contributed by atoms with van der Waals surface area (Å²) in [5.41, 5.74) is 1.29. The van der Waals surface area contributed by atoms with Gasteiger partial charge in [0.2, 0.25) is 5.95 Å². The summed E-state index contributed by atoms with van der Waals surface area (Å²) in [6, 6.07) is 16.2. The van der Waals surface area contributed by atoms with Crippen molar-refractivity contribution in [2.75, 3.05) is 40.7 Å². The van der Waals surface area contributed by atoms with Crippen molar-refractivity contribution in [3.05, 3.63) is 84.6 Å². The van der Waals surface area contributed by atoms with E-state index < -0.39 is 33.6 Å². The molecule has 248 valence electrons. The van der Waals surface area contributed by atoms with Gasteiger partial charge < -0.3 is 31.1 Å². The number of carbonyl (C=O) groups is 2. The summed E-state index contributed by atoms with van der Waals surface area (Å²) in [5.74, 6) is 0.612. The predicted molar refractivity (Wildman–Crippen MR) is 173 cm³/mol. The van der Waals surface area contributed by atoms with E-state index in [4.69, 9.17) is 4.74 Å². The molecule has 4 aromatic rings. The maximum absolute atomic E-state index is 13.0. The van der Waals surface area contributed by atoms with Crippen molar-refractivity contribution in [2.24, 2.45) is 4.36 Å². The number of carbonyl (C=O) groups excluding carboxylic acids is 2. The molecule has 0 aliphatic rings. The van der Waals surface area contributed by atoms with E-state index in [2.05, 4.69) is 35.6 Å². The summed E-state index contributed by atoms with van der Waals surface area (Å²) in [7, 11) is -3.02. The lowest BCUT2D eigenvalue weighted by Crippen LogP contribution is -2.21. The van der Waals surface area contributed by atoms with Crippen LogP contribution in [-0.4, -0.2) is 56.9 Å². The summed E-state index contributed by atoms with van der Waals surface area (Å²) in [5, 5.41) is 20.8. The number of nitrogens with one attached hydrogen (secondary N) is 4. The Hall–Kier alpha value is -5.22. The van der Waals surface area contributed by atoms with Gasteiger partial charge >= 0.3 is 18.3 Å². The van der Waals surface area contributed by atoms with Crippen molar-refractivity contribution < 1.29 is 36.8 Å². The van der Waals surface area contributed by atoms with E-state index >= 15 is 0 Å². The Bertz CT molecular complexity index is 1850. The van der Waals surface area contributed by atoms with Crippen LogP contribution in [-0.2, 0) is 20.6 Å². The molecule has 0 spiro atoms. The van der Waals surface area contributed by atoms with Gasteiger partial charge in [0.15, 0.2) is 0 Å². The van der Waals surface area contributed by atoms with E-state index in [9.17, 15) is 32.1 Å². The van der Waals surface area contributed by atoms with E-state index in [1.165, 1.54) is 18.4 Å². The first-order valence-corrected chi connectivity index (χ1v) is 16.1. The second kappa shape index (κ2) is 14.9. The van der Waals surface area contributed by atoms with Gasteiger partial charge in [0, 0.05) is 46.0 Å². The number of urea groups is 1.